The summed E-state index contributed by atoms with van der Waals surface area (Å²) in [6, 6.07) is 12.2. The highest BCUT2D eigenvalue weighted by Crippen LogP contribution is 2.30. The van der Waals surface area contributed by atoms with E-state index in [1.807, 2.05) is 45.0 Å². The molecule has 184 valence electrons. The minimum atomic E-state index is -0.952. The van der Waals surface area contributed by atoms with E-state index in [0.717, 1.165) is 5.56 Å². The number of anilines is 1. The average molecular weight is 488 g/mol. The number of para-hydroxylation sites is 1. The number of nitrogens with one attached hydrogen (secondary N) is 2. The van der Waals surface area contributed by atoms with Crippen LogP contribution in [0.4, 0.5) is 10.5 Å². The maximum atomic E-state index is 13.6. The molecule has 0 heterocycles. The van der Waals surface area contributed by atoms with E-state index in [4.69, 9.17) is 16.3 Å². The lowest BCUT2D eigenvalue weighted by Gasteiger charge is -2.36. The first-order valence-corrected chi connectivity index (χ1v) is 11.6. The lowest BCUT2D eigenvalue weighted by molar-refractivity contribution is -0.142. The van der Waals surface area contributed by atoms with Gasteiger partial charge in [0, 0.05) is 6.04 Å². The molecule has 0 aromatic heterocycles. The number of aryl methyl sites for hydroxylation is 1. The van der Waals surface area contributed by atoms with Gasteiger partial charge in [-0.1, -0.05) is 54.1 Å². The Hall–Kier alpha value is -3.06. The Labute approximate surface area is 206 Å². The van der Waals surface area contributed by atoms with E-state index in [1.165, 1.54) is 4.90 Å². The van der Waals surface area contributed by atoms with E-state index < -0.39 is 35.6 Å². The second-order valence-corrected chi connectivity index (χ2v) is 9.85. The van der Waals surface area contributed by atoms with Gasteiger partial charge in [-0.05, 0) is 65.7 Å². The number of amides is 3. The summed E-state index contributed by atoms with van der Waals surface area (Å²) < 4.78 is 5.28. The number of rotatable bonds is 7. The zero-order valence-corrected chi connectivity index (χ0v) is 21.6. The maximum Gasteiger partial charge on any atom is 0.408 e. The quantitative estimate of drug-likeness (QED) is 0.541. The summed E-state index contributed by atoms with van der Waals surface area (Å²) in [5.41, 5.74) is 1.22. The number of halogens is 1. The Balaban J connectivity index is 2.41. The highest BCUT2D eigenvalue weighted by Gasteiger charge is 2.36. The third kappa shape index (κ3) is 7.22. The van der Waals surface area contributed by atoms with Gasteiger partial charge in [0.15, 0.2) is 0 Å². The zero-order chi connectivity index (χ0) is 25.6. The van der Waals surface area contributed by atoms with Crippen LogP contribution in [0.5, 0.6) is 0 Å². The molecule has 8 heteroatoms. The molecule has 0 fully saturated rings. The Morgan fingerprint density at radius 2 is 1.59 bits per heavy atom. The van der Waals surface area contributed by atoms with Crippen LogP contribution in [-0.2, 0) is 14.3 Å². The Bertz CT molecular complexity index is 998. The second kappa shape index (κ2) is 11.4. The van der Waals surface area contributed by atoms with E-state index in [-0.39, 0.29) is 6.04 Å². The van der Waals surface area contributed by atoms with Crippen LogP contribution in [0.15, 0.2) is 48.5 Å². The lowest BCUT2D eigenvalue weighted by atomic mass is 10.0. The van der Waals surface area contributed by atoms with Crippen molar-refractivity contribution in [3.63, 3.8) is 0 Å². The van der Waals surface area contributed by atoms with Crippen LogP contribution >= 0.6 is 11.6 Å². The summed E-state index contributed by atoms with van der Waals surface area (Å²) in [7, 11) is 0. The first-order chi connectivity index (χ1) is 15.8. The average Bonchev–Trinajstić information content (AvgIpc) is 2.72. The molecule has 0 saturated carbocycles. The lowest BCUT2D eigenvalue weighted by Crippen LogP contribution is -2.53. The number of carbonyl (C=O) groups is 3. The van der Waals surface area contributed by atoms with Crippen LogP contribution in [-0.4, -0.2) is 40.5 Å². The Morgan fingerprint density at radius 3 is 2.12 bits per heavy atom. The number of ether oxygens (including phenoxy) is 1. The fraction of sp³-hybridized carbons (Fsp3) is 0.423. The van der Waals surface area contributed by atoms with Crippen LogP contribution in [0.25, 0.3) is 0 Å². The minimum Gasteiger partial charge on any atom is -0.444 e. The molecule has 2 rings (SSSR count). The molecule has 0 spiro atoms. The molecule has 0 bridgehead atoms. The number of hydrogen-bond acceptors (Lipinski definition) is 4. The minimum absolute atomic E-state index is 0.348. The molecule has 2 N–H and O–H groups in total. The van der Waals surface area contributed by atoms with Crippen molar-refractivity contribution in [3.8, 4) is 0 Å². The maximum absolute atomic E-state index is 13.6. The summed E-state index contributed by atoms with van der Waals surface area (Å²) in [5, 5.41) is 5.89. The van der Waals surface area contributed by atoms with Gasteiger partial charge in [0.05, 0.1) is 10.7 Å². The van der Waals surface area contributed by atoms with Crippen molar-refractivity contribution >= 4 is 35.2 Å². The standard InChI is InChI=1S/C26H34ClN3O4/c1-16(2)30(24(32)18(4)28-25(33)34-26(5,6)7)22(19-13-9-8-10-14-19)23(31)29-21-17(3)12-11-15-20(21)27/h8-16,18,22H,1-7H3,(H,28,33)(H,29,31). The van der Waals surface area contributed by atoms with Gasteiger partial charge < -0.3 is 20.3 Å². The predicted molar refractivity (Wildman–Crippen MR) is 135 cm³/mol. The van der Waals surface area contributed by atoms with E-state index in [2.05, 4.69) is 10.6 Å². The van der Waals surface area contributed by atoms with Crippen molar-refractivity contribution in [1.82, 2.24) is 10.2 Å². The summed E-state index contributed by atoms with van der Waals surface area (Å²) in [6.45, 7) is 12.3. The van der Waals surface area contributed by atoms with Crippen LogP contribution in [0, 0.1) is 6.92 Å². The van der Waals surface area contributed by atoms with E-state index in [1.54, 1.807) is 52.0 Å². The van der Waals surface area contributed by atoms with Crippen LogP contribution in [0.2, 0.25) is 5.02 Å². The summed E-state index contributed by atoms with van der Waals surface area (Å²) >= 11 is 6.33. The van der Waals surface area contributed by atoms with Crippen LogP contribution in [0.1, 0.15) is 58.7 Å². The zero-order valence-electron chi connectivity index (χ0n) is 20.8. The molecule has 0 aliphatic heterocycles. The number of hydrogen-bond donors (Lipinski definition) is 2. The van der Waals surface area contributed by atoms with Crippen molar-refractivity contribution < 1.29 is 19.1 Å². The van der Waals surface area contributed by atoms with Gasteiger partial charge in [0.1, 0.15) is 17.7 Å². The number of nitrogens with zero attached hydrogens (tertiary/aromatic N) is 1. The molecule has 7 nitrogen and oxygen atoms in total. The van der Waals surface area contributed by atoms with Gasteiger partial charge in [-0.15, -0.1) is 0 Å². The largest absolute Gasteiger partial charge is 0.444 e. The summed E-state index contributed by atoms with van der Waals surface area (Å²) in [4.78, 5) is 40.9. The van der Waals surface area contributed by atoms with Crippen molar-refractivity contribution in [2.24, 2.45) is 0 Å². The van der Waals surface area contributed by atoms with Crippen LogP contribution in [0.3, 0.4) is 0 Å². The SMILES string of the molecule is Cc1cccc(Cl)c1NC(=O)C(c1ccccc1)N(C(=O)C(C)NC(=O)OC(C)(C)C)C(C)C. The predicted octanol–water partition coefficient (Wildman–Crippen LogP) is 5.48. The van der Waals surface area contributed by atoms with Crippen molar-refractivity contribution in [2.75, 3.05) is 5.32 Å². The van der Waals surface area contributed by atoms with E-state index in [9.17, 15) is 14.4 Å². The molecule has 3 amide bonds. The van der Waals surface area contributed by atoms with Crippen molar-refractivity contribution in [3.05, 3.63) is 64.7 Å². The molecule has 0 radical (unpaired) electrons. The molecule has 34 heavy (non-hydrogen) atoms. The number of carbonyl (C=O) groups excluding carboxylic acids is 3. The highest BCUT2D eigenvalue weighted by molar-refractivity contribution is 6.34. The summed E-state index contributed by atoms with van der Waals surface area (Å²) in [5.74, 6) is -0.824. The van der Waals surface area contributed by atoms with Gasteiger partial charge in [-0.25, -0.2) is 4.79 Å². The molecular formula is C26H34ClN3O4. The van der Waals surface area contributed by atoms with Crippen LogP contribution < -0.4 is 10.6 Å². The Kier molecular flexibility index (Phi) is 9.10. The van der Waals surface area contributed by atoms with Gasteiger partial charge in [-0.3, -0.25) is 9.59 Å². The van der Waals surface area contributed by atoms with Gasteiger partial charge in [0.25, 0.3) is 5.91 Å². The Morgan fingerprint density at radius 1 is 0.971 bits per heavy atom. The van der Waals surface area contributed by atoms with Gasteiger partial charge >= 0.3 is 6.09 Å². The topological polar surface area (TPSA) is 87.7 Å². The summed E-state index contributed by atoms with van der Waals surface area (Å²) in [6.07, 6.45) is -0.704. The third-order valence-electron chi connectivity index (χ3n) is 5.03. The first-order valence-electron chi connectivity index (χ1n) is 11.2. The molecule has 0 saturated heterocycles. The third-order valence-corrected chi connectivity index (χ3v) is 5.34. The molecule has 0 aliphatic rings. The molecule has 0 aliphatic carbocycles. The van der Waals surface area contributed by atoms with Crippen molar-refractivity contribution in [2.45, 2.75) is 72.2 Å². The highest BCUT2D eigenvalue weighted by atomic mass is 35.5. The monoisotopic (exact) mass is 487 g/mol. The smallest absolute Gasteiger partial charge is 0.408 e. The fourth-order valence-corrected chi connectivity index (χ4v) is 3.77. The first kappa shape index (κ1) is 27.2. The van der Waals surface area contributed by atoms with E-state index in [0.29, 0.717) is 16.3 Å². The molecule has 2 aromatic carbocycles. The normalized spacial score (nSPS) is 13.1. The van der Waals surface area contributed by atoms with Gasteiger partial charge in [0.2, 0.25) is 5.91 Å². The molecular weight excluding hydrogens is 454 g/mol. The molecule has 2 atom stereocenters. The van der Waals surface area contributed by atoms with Crippen molar-refractivity contribution in [1.29, 1.82) is 0 Å². The second-order valence-electron chi connectivity index (χ2n) is 9.44. The molecule has 2 aromatic rings. The fourth-order valence-electron chi connectivity index (χ4n) is 3.50. The number of alkyl carbamates (subject to hydrolysis) is 1. The van der Waals surface area contributed by atoms with E-state index >= 15 is 0 Å². The molecule has 2 unspecified atom stereocenters. The number of benzene rings is 2. The van der Waals surface area contributed by atoms with Gasteiger partial charge in [-0.2, -0.15) is 0 Å².